The SMILES string of the molecule is Cc1cccc(P(c2cccc(C)c2)c2ccc3ccccc3c2-c2c(Op3oc4ccc5ccccc5c4c4c(ccc5ccccc54)o3)ccc3ccccc23)c1. The lowest BCUT2D eigenvalue weighted by Crippen LogP contribution is -2.23. The highest BCUT2D eigenvalue weighted by Gasteiger charge is 2.26. The van der Waals surface area contributed by atoms with E-state index in [1.165, 1.54) is 37.8 Å². The first-order valence-corrected chi connectivity index (χ1v) is 22.4. The number of hydrogen-bond acceptors (Lipinski definition) is 3. The Bertz CT molecular complexity index is 3330. The third-order valence-corrected chi connectivity index (χ3v) is 14.8. The Morgan fingerprint density at radius 1 is 0.407 bits per heavy atom. The third kappa shape index (κ3) is 6.27. The second kappa shape index (κ2) is 14.6. The van der Waals surface area contributed by atoms with E-state index in [-0.39, 0.29) is 0 Å². The highest BCUT2D eigenvalue weighted by molar-refractivity contribution is 7.80. The minimum atomic E-state index is -1.98. The molecule has 0 unspecified atom stereocenters. The summed E-state index contributed by atoms with van der Waals surface area (Å²) in [7, 11) is -2.98. The number of benzene rings is 10. The van der Waals surface area contributed by atoms with Gasteiger partial charge in [0.15, 0.2) is 0 Å². The Hall–Kier alpha value is -6.63. The van der Waals surface area contributed by atoms with Crippen LogP contribution in [0.4, 0.5) is 0 Å². The van der Waals surface area contributed by atoms with E-state index in [1.54, 1.807) is 0 Å². The van der Waals surface area contributed by atoms with E-state index in [1.807, 2.05) is 0 Å². The molecule has 0 bridgehead atoms. The lowest BCUT2D eigenvalue weighted by Gasteiger charge is -2.26. The van der Waals surface area contributed by atoms with Crippen LogP contribution < -0.4 is 20.4 Å². The van der Waals surface area contributed by atoms with Crippen molar-refractivity contribution < 1.29 is 12.9 Å². The maximum absolute atomic E-state index is 7.23. The first kappa shape index (κ1) is 35.5. The Morgan fingerprint density at radius 3 is 1.37 bits per heavy atom. The van der Waals surface area contributed by atoms with Crippen LogP contribution in [0.5, 0.6) is 5.75 Å². The van der Waals surface area contributed by atoms with Gasteiger partial charge < -0.3 is 12.9 Å². The van der Waals surface area contributed by atoms with E-state index < -0.39 is 16.2 Å². The molecule has 11 rings (SSSR count). The fourth-order valence-electron chi connectivity index (χ4n) is 8.72. The topological polar surface area (TPSA) is 35.5 Å². The van der Waals surface area contributed by atoms with Crippen LogP contribution >= 0.6 is 16.2 Å². The monoisotopic (exact) mass is 796 g/mol. The molecule has 11 aromatic rings. The van der Waals surface area contributed by atoms with Crippen molar-refractivity contribution in [3.05, 3.63) is 205 Å². The van der Waals surface area contributed by atoms with E-state index in [0.717, 1.165) is 65.4 Å². The van der Waals surface area contributed by atoms with Crippen molar-refractivity contribution in [2.24, 2.45) is 0 Å². The molecule has 1 aromatic heterocycles. The molecular formula is C54H38O3P2. The average Bonchev–Trinajstić information content (AvgIpc) is 3.43. The summed E-state index contributed by atoms with van der Waals surface area (Å²) in [6, 6.07) is 69.6. The van der Waals surface area contributed by atoms with Crippen molar-refractivity contribution in [1.29, 1.82) is 0 Å². The van der Waals surface area contributed by atoms with Crippen LogP contribution in [-0.2, 0) is 0 Å². The number of aryl methyl sites for hydroxylation is 2. The zero-order valence-electron chi connectivity index (χ0n) is 32.6. The van der Waals surface area contributed by atoms with Crippen LogP contribution in [0.25, 0.3) is 76.2 Å². The highest BCUT2D eigenvalue weighted by atomic mass is 31.1. The predicted molar refractivity (Wildman–Crippen MR) is 252 cm³/mol. The van der Waals surface area contributed by atoms with E-state index in [9.17, 15) is 0 Å². The molecule has 0 atom stereocenters. The lowest BCUT2D eigenvalue weighted by atomic mass is 9.93. The molecular weight excluding hydrogens is 759 g/mol. The molecule has 0 aliphatic rings. The fraction of sp³-hybridized carbons (Fsp3) is 0.0370. The number of rotatable bonds is 6. The molecule has 59 heavy (non-hydrogen) atoms. The Balaban J connectivity index is 1.22. The maximum atomic E-state index is 7.23. The molecule has 0 spiro atoms. The zero-order chi connectivity index (χ0) is 39.5. The van der Waals surface area contributed by atoms with Crippen LogP contribution in [-0.4, -0.2) is 0 Å². The van der Waals surface area contributed by atoms with Crippen LogP contribution in [0.3, 0.4) is 0 Å². The second-order valence-corrected chi connectivity index (χ2v) is 18.4. The lowest BCUT2D eigenvalue weighted by molar-refractivity contribution is 0.500. The van der Waals surface area contributed by atoms with Gasteiger partial charge in [0, 0.05) is 21.9 Å². The quantitative estimate of drug-likeness (QED) is 0.157. The molecule has 0 fully saturated rings. The predicted octanol–water partition coefficient (Wildman–Crippen LogP) is 14.8. The highest BCUT2D eigenvalue weighted by Crippen LogP contribution is 2.49. The van der Waals surface area contributed by atoms with E-state index >= 15 is 0 Å². The fourth-order valence-corrected chi connectivity index (χ4v) is 12.4. The minimum Gasteiger partial charge on any atom is -0.390 e. The van der Waals surface area contributed by atoms with Gasteiger partial charge in [0.25, 0.3) is 0 Å². The normalized spacial score (nSPS) is 11.7. The Labute approximate surface area is 344 Å². The molecule has 0 aliphatic heterocycles. The van der Waals surface area contributed by atoms with Crippen molar-refractivity contribution in [2.75, 3.05) is 0 Å². The van der Waals surface area contributed by atoms with Gasteiger partial charge in [0.2, 0.25) is 0 Å². The molecule has 0 amide bonds. The Morgan fingerprint density at radius 2 is 0.847 bits per heavy atom. The molecule has 0 aliphatic carbocycles. The first-order valence-electron chi connectivity index (χ1n) is 19.9. The standard InChI is InChI=1S/C54H38O3P2/c1-35-13-11-19-41(33-35)58(42-20-12-14-36(2)34-42)50-32-28-40-18-6-10-24-46(40)54(50)53-45-23-9-5-17-39(45)27-31-49(53)57-59-55-47-29-25-37-15-3-7-21-43(37)51(47)52-44-22-8-4-16-38(44)26-30-48(52)56-59/h3-34H,1-2H3. The van der Waals surface area contributed by atoms with Gasteiger partial charge in [-0.05, 0) is 99.0 Å². The minimum absolute atomic E-state index is 0.711. The average molecular weight is 797 g/mol. The summed E-state index contributed by atoms with van der Waals surface area (Å²) in [6.07, 6.45) is 0. The smallest absolute Gasteiger partial charge is 0.390 e. The summed E-state index contributed by atoms with van der Waals surface area (Å²) in [5, 5.41) is 15.0. The summed E-state index contributed by atoms with van der Waals surface area (Å²) in [5.41, 5.74) is 6.14. The van der Waals surface area contributed by atoms with Crippen LogP contribution in [0.2, 0.25) is 0 Å². The molecule has 0 saturated carbocycles. The van der Waals surface area contributed by atoms with E-state index in [2.05, 4.69) is 208 Å². The van der Waals surface area contributed by atoms with Crippen molar-refractivity contribution >= 4 is 97.1 Å². The van der Waals surface area contributed by atoms with Gasteiger partial charge in [0.1, 0.15) is 16.9 Å². The number of fused-ring (bicyclic) bond motifs is 9. The van der Waals surface area contributed by atoms with Gasteiger partial charge in [-0.15, -0.1) is 0 Å². The van der Waals surface area contributed by atoms with Crippen LogP contribution in [0.1, 0.15) is 11.1 Å². The third-order valence-electron chi connectivity index (χ3n) is 11.4. The largest absolute Gasteiger partial charge is 0.453 e. The van der Waals surface area contributed by atoms with Crippen molar-refractivity contribution in [2.45, 2.75) is 13.8 Å². The second-order valence-electron chi connectivity index (χ2n) is 15.2. The first-order chi connectivity index (χ1) is 29.1. The Kier molecular flexibility index (Phi) is 8.81. The van der Waals surface area contributed by atoms with E-state index in [4.69, 9.17) is 12.9 Å². The molecule has 3 nitrogen and oxygen atoms in total. The van der Waals surface area contributed by atoms with Crippen molar-refractivity contribution in [3.8, 4) is 16.9 Å². The summed E-state index contributed by atoms with van der Waals surface area (Å²) >= 11 is 0. The van der Waals surface area contributed by atoms with Gasteiger partial charge in [0.05, 0.1) is 0 Å². The molecule has 282 valence electrons. The molecule has 0 N–H and O–H groups in total. The van der Waals surface area contributed by atoms with E-state index in [0.29, 0.717) is 5.75 Å². The molecule has 5 heteroatoms. The van der Waals surface area contributed by atoms with Gasteiger partial charge in [-0.25, -0.2) is 0 Å². The summed E-state index contributed by atoms with van der Waals surface area (Å²) in [6.45, 7) is 4.37. The van der Waals surface area contributed by atoms with Crippen molar-refractivity contribution in [3.63, 3.8) is 0 Å². The maximum Gasteiger partial charge on any atom is 0.453 e. The van der Waals surface area contributed by atoms with Crippen LogP contribution in [0, 0.1) is 13.8 Å². The molecule has 0 radical (unpaired) electrons. The molecule has 1 heterocycles. The van der Waals surface area contributed by atoms with Gasteiger partial charge in [-0.1, -0.05) is 187 Å². The molecule has 10 aromatic carbocycles. The van der Waals surface area contributed by atoms with Gasteiger partial charge in [-0.2, -0.15) is 0 Å². The number of hydrogen-bond donors (Lipinski definition) is 0. The summed E-state index contributed by atoms with van der Waals surface area (Å²) in [5.74, 6) is 0.711. The zero-order valence-corrected chi connectivity index (χ0v) is 34.4. The van der Waals surface area contributed by atoms with Gasteiger partial charge >= 0.3 is 8.24 Å². The molecule has 0 saturated heterocycles. The van der Waals surface area contributed by atoms with Gasteiger partial charge in [-0.3, -0.25) is 0 Å². The van der Waals surface area contributed by atoms with Crippen molar-refractivity contribution in [1.82, 2.24) is 0 Å². The summed E-state index contributed by atoms with van der Waals surface area (Å²) in [4.78, 5) is 0. The summed E-state index contributed by atoms with van der Waals surface area (Å²) < 4.78 is 21.1. The van der Waals surface area contributed by atoms with Crippen LogP contribution in [0.15, 0.2) is 203 Å².